The molecule has 0 rings (SSSR count). The van der Waals surface area contributed by atoms with Crippen LogP contribution in [0.15, 0.2) is 12.2 Å². The van der Waals surface area contributed by atoms with Crippen LogP contribution in [0.25, 0.3) is 0 Å². The van der Waals surface area contributed by atoms with Gasteiger partial charge in [-0.1, -0.05) is 13.5 Å². The van der Waals surface area contributed by atoms with Crippen LogP contribution in [-0.2, 0) is 4.79 Å². The standard InChI is InChI=1S/C10H20N2O/c1-5-9(4)11-6-7-12-10(13)8(2)3/h9,11H,2,5-7H2,1,3-4H3,(H,12,13). The third-order valence-electron chi connectivity index (χ3n) is 1.90. The maximum atomic E-state index is 11.0. The van der Waals surface area contributed by atoms with E-state index in [0.29, 0.717) is 18.2 Å². The lowest BCUT2D eigenvalue weighted by Gasteiger charge is -2.11. The van der Waals surface area contributed by atoms with E-state index in [1.54, 1.807) is 6.92 Å². The van der Waals surface area contributed by atoms with Crippen molar-refractivity contribution in [3.05, 3.63) is 12.2 Å². The second-order valence-corrected chi connectivity index (χ2v) is 3.30. The van der Waals surface area contributed by atoms with Crippen molar-refractivity contribution >= 4 is 5.91 Å². The summed E-state index contributed by atoms with van der Waals surface area (Å²) in [5, 5.41) is 6.04. The molecule has 0 aromatic rings. The summed E-state index contributed by atoms with van der Waals surface area (Å²) in [6.45, 7) is 11.0. The first kappa shape index (κ1) is 12.2. The van der Waals surface area contributed by atoms with E-state index >= 15 is 0 Å². The Hall–Kier alpha value is -0.830. The maximum Gasteiger partial charge on any atom is 0.246 e. The minimum atomic E-state index is -0.0639. The highest BCUT2D eigenvalue weighted by atomic mass is 16.1. The molecule has 1 atom stereocenters. The second-order valence-electron chi connectivity index (χ2n) is 3.30. The summed E-state index contributed by atoms with van der Waals surface area (Å²) < 4.78 is 0. The Morgan fingerprint density at radius 3 is 2.54 bits per heavy atom. The third-order valence-corrected chi connectivity index (χ3v) is 1.90. The summed E-state index contributed by atoms with van der Waals surface area (Å²) >= 11 is 0. The first-order valence-corrected chi connectivity index (χ1v) is 4.75. The van der Waals surface area contributed by atoms with Crippen LogP contribution in [0.3, 0.4) is 0 Å². The van der Waals surface area contributed by atoms with Crippen LogP contribution in [-0.4, -0.2) is 25.0 Å². The smallest absolute Gasteiger partial charge is 0.246 e. The molecule has 1 amide bonds. The zero-order chi connectivity index (χ0) is 10.3. The van der Waals surface area contributed by atoms with Gasteiger partial charge in [-0.05, 0) is 20.3 Å². The van der Waals surface area contributed by atoms with Crippen molar-refractivity contribution in [1.29, 1.82) is 0 Å². The first-order chi connectivity index (χ1) is 6.07. The first-order valence-electron chi connectivity index (χ1n) is 4.75. The molecule has 0 heterocycles. The van der Waals surface area contributed by atoms with Crippen molar-refractivity contribution < 1.29 is 4.79 Å². The predicted octanol–water partition coefficient (Wildman–Crippen LogP) is 1.07. The van der Waals surface area contributed by atoms with Gasteiger partial charge in [0.25, 0.3) is 0 Å². The zero-order valence-electron chi connectivity index (χ0n) is 8.81. The number of carbonyl (C=O) groups is 1. The van der Waals surface area contributed by atoms with Crippen molar-refractivity contribution in [2.24, 2.45) is 0 Å². The molecule has 76 valence electrons. The molecule has 0 radical (unpaired) electrons. The van der Waals surface area contributed by atoms with E-state index in [0.717, 1.165) is 13.0 Å². The van der Waals surface area contributed by atoms with Gasteiger partial charge in [-0.25, -0.2) is 0 Å². The number of hydrogen-bond acceptors (Lipinski definition) is 2. The van der Waals surface area contributed by atoms with E-state index in [4.69, 9.17) is 0 Å². The number of amides is 1. The summed E-state index contributed by atoms with van der Waals surface area (Å²) in [6, 6.07) is 0.515. The fraction of sp³-hybridized carbons (Fsp3) is 0.700. The van der Waals surface area contributed by atoms with Crippen molar-refractivity contribution in [1.82, 2.24) is 10.6 Å². The maximum absolute atomic E-state index is 11.0. The van der Waals surface area contributed by atoms with E-state index in [2.05, 4.69) is 31.1 Å². The third kappa shape index (κ3) is 6.34. The van der Waals surface area contributed by atoms with Crippen LogP contribution < -0.4 is 10.6 Å². The largest absolute Gasteiger partial charge is 0.351 e. The molecule has 0 fully saturated rings. The number of hydrogen-bond donors (Lipinski definition) is 2. The van der Waals surface area contributed by atoms with Crippen LogP contribution in [0, 0.1) is 0 Å². The van der Waals surface area contributed by atoms with Crippen molar-refractivity contribution in [2.45, 2.75) is 33.2 Å². The SMILES string of the molecule is C=C(C)C(=O)NCCNC(C)CC. The summed E-state index contributed by atoms with van der Waals surface area (Å²) in [5.74, 6) is -0.0639. The van der Waals surface area contributed by atoms with Gasteiger partial charge in [-0.15, -0.1) is 0 Å². The summed E-state index contributed by atoms with van der Waals surface area (Å²) in [6.07, 6.45) is 1.11. The van der Waals surface area contributed by atoms with Gasteiger partial charge in [0.15, 0.2) is 0 Å². The number of rotatable bonds is 6. The fourth-order valence-corrected chi connectivity index (χ4v) is 0.790. The Morgan fingerprint density at radius 2 is 2.08 bits per heavy atom. The molecule has 0 saturated carbocycles. The van der Waals surface area contributed by atoms with E-state index in [1.807, 2.05) is 0 Å². The monoisotopic (exact) mass is 184 g/mol. The molecule has 13 heavy (non-hydrogen) atoms. The second kappa shape index (κ2) is 6.66. The lowest BCUT2D eigenvalue weighted by molar-refractivity contribution is -0.117. The molecule has 0 bridgehead atoms. The molecule has 0 aliphatic rings. The lowest BCUT2D eigenvalue weighted by Crippen LogP contribution is -2.35. The molecular weight excluding hydrogens is 164 g/mol. The van der Waals surface area contributed by atoms with E-state index in [-0.39, 0.29) is 5.91 Å². The predicted molar refractivity (Wildman–Crippen MR) is 55.6 cm³/mol. The van der Waals surface area contributed by atoms with Crippen LogP contribution >= 0.6 is 0 Å². The highest BCUT2D eigenvalue weighted by Crippen LogP contribution is 1.86. The van der Waals surface area contributed by atoms with Crippen LogP contribution in [0.2, 0.25) is 0 Å². The van der Waals surface area contributed by atoms with Gasteiger partial charge in [-0.3, -0.25) is 4.79 Å². The van der Waals surface area contributed by atoms with Gasteiger partial charge >= 0.3 is 0 Å². The molecule has 0 aromatic carbocycles. The number of carbonyl (C=O) groups excluding carboxylic acids is 1. The summed E-state index contributed by atoms with van der Waals surface area (Å²) in [5.41, 5.74) is 0.559. The Bertz CT molecular complexity index is 178. The van der Waals surface area contributed by atoms with Gasteiger partial charge in [0.2, 0.25) is 5.91 Å². The molecule has 0 saturated heterocycles. The average Bonchev–Trinajstić information content (AvgIpc) is 2.11. The van der Waals surface area contributed by atoms with Gasteiger partial charge < -0.3 is 10.6 Å². The molecule has 0 aliphatic carbocycles. The fourth-order valence-electron chi connectivity index (χ4n) is 0.790. The minimum absolute atomic E-state index is 0.0639. The molecule has 3 heteroatoms. The summed E-state index contributed by atoms with van der Waals surface area (Å²) in [4.78, 5) is 11.0. The topological polar surface area (TPSA) is 41.1 Å². The van der Waals surface area contributed by atoms with Crippen LogP contribution in [0.1, 0.15) is 27.2 Å². The van der Waals surface area contributed by atoms with Gasteiger partial charge in [-0.2, -0.15) is 0 Å². The molecule has 0 aromatic heterocycles. The van der Waals surface area contributed by atoms with Gasteiger partial charge in [0.1, 0.15) is 0 Å². The quantitative estimate of drug-likeness (QED) is 0.479. The van der Waals surface area contributed by atoms with Crippen molar-refractivity contribution in [2.75, 3.05) is 13.1 Å². The number of nitrogens with one attached hydrogen (secondary N) is 2. The van der Waals surface area contributed by atoms with Crippen molar-refractivity contribution in [3.63, 3.8) is 0 Å². The Balaban J connectivity index is 3.36. The Labute approximate surface area is 80.6 Å². The van der Waals surface area contributed by atoms with E-state index in [1.165, 1.54) is 0 Å². The zero-order valence-corrected chi connectivity index (χ0v) is 8.81. The Morgan fingerprint density at radius 1 is 1.46 bits per heavy atom. The minimum Gasteiger partial charge on any atom is -0.351 e. The van der Waals surface area contributed by atoms with Gasteiger partial charge in [0, 0.05) is 24.7 Å². The molecule has 3 nitrogen and oxygen atoms in total. The molecule has 0 aliphatic heterocycles. The Kier molecular flexibility index (Phi) is 6.24. The van der Waals surface area contributed by atoms with Crippen LogP contribution in [0.5, 0.6) is 0 Å². The van der Waals surface area contributed by atoms with Crippen molar-refractivity contribution in [3.8, 4) is 0 Å². The van der Waals surface area contributed by atoms with Gasteiger partial charge in [0.05, 0.1) is 0 Å². The molecule has 1 unspecified atom stereocenters. The van der Waals surface area contributed by atoms with Crippen LogP contribution in [0.4, 0.5) is 0 Å². The average molecular weight is 184 g/mol. The molecular formula is C10H20N2O. The van der Waals surface area contributed by atoms with E-state index < -0.39 is 0 Å². The molecule has 2 N–H and O–H groups in total. The highest BCUT2D eigenvalue weighted by Gasteiger charge is 2.00. The molecule has 0 spiro atoms. The highest BCUT2D eigenvalue weighted by molar-refractivity contribution is 5.92. The lowest BCUT2D eigenvalue weighted by atomic mass is 10.2. The normalized spacial score (nSPS) is 12.2. The van der Waals surface area contributed by atoms with E-state index in [9.17, 15) is 4.79 Å². The summed E-state index contributed by atoms with van der Waals surface area (Å²) in [7, 11) is 0.